The van der Waals surface area contributed by atoms with Crippen LogP contribution in [-0.2, 0) is 4.79 Å². The molecular formula is C14H12ClN3O3. The van der Waals surface area contributed by atoms with E-state index in [1.807, 2.05) is 0 Å². The zero-order valence-electron chi connectivity index (χ0n) is 11.1. The number of benzene rings is 1. The standard InChI is InChI=1S/C14H12ClN3O3/c1-8(19)17-10-2-4-11(5-3-10)18-13(20)9-6-12(15)14(21)16-7-9/h2-7H,1H3,(H,16,21)(H,17,19)(H,18,20). The third kappa shape index (κ3) is 3.93. The van der Waals surface area contributed by atoms with Crippen LogP contribution in [-0.4, -0.2) is 16.8 Å². The molecule has 0 aliphatic rings. The monoisotopic (exact) mass is 305 g/mol. The number of halogens is 1. The van der Waals surface area contributed by atoms with E-state index in [1.165, 1.54) is 19.2 Å². The summed E-state index contributed by atoms with van der Waals surface area (Å²) in [7, 11) is 0. The quantitative estimate of drug-likeness (QED) is 0.812. The Balaban J connectivity index is 2.10. The van der Waals surface area contributed by atoms with Crippen LogP contribution in [0.3, 0.4) is 0 Å². The first kappa shape index (κ1) is 14.8. The molecule has 0 spiro atoms. The minimum Gasteiger partial charge on any atom is -0.327 e. The Morgan fingerprint density at radius 2 is 1.67 bits per heavy atom. The molecule has 0 saturated carbocycles. The fourth-order valence-corrected chi connectivity index (χ4v) is 1.80. The fraction of sp³-hybridized carbons (Fsp3) is 0.0714. The number of rotatable bonds is 3. The van der Waals surface area contributed by atoms with Crippen LogP contribution in [0.1, 0.15) is 17.3 Å². The van der Waals surface area contributed by atoms with E-state index >= 15 is 0 Å². The largest absolute Gasteiger partial charge is 0.327 e. The van der Waals surface area contributed by atoms with E-state index < -0.39 is 11.5 Å². The molecule has 1 aromatic carbocycles. The summed E-state index contributed by atoms with van der Waals surface area (Å²) in [5, 5.41) is 5.22. The molecule has 108 valence electrons. The molecule has 0 unspecified atom stereocenters. The highest BCUT2D eigenvalue weighted by atomic mass is 35.5. The predicted molar refractivity (Wildman–Crippen MR) is 80.8 cm³/mol. The van der Waals surface area contributed by atoms with Gasteiger partial charge in [-0.15, -0.1) is 0 Å². The lowest BCUT2D eigenvalue weighted by atomic mass is 10.2. The number of aromatic amines is 1. The average Bonchev–Trinajstić information content (AvgIpc) is 2.43. The molecule has 0 aliphatic carbocycles. The third-order valence-electron chi connectivity index (χ3n) is 2.58. The van der Waals surface area contributed by atoms with Crippen LogP contribution < -0.4 is 16.2 Å². The molecule has 7 heteroatoms. The van der Waals surface area contributed by atoms with Gasteiger partial charge < -0.3 is 15.6 Å². The number of anilines is 2. The van der Waals surface area contributed by atoms with Gasteiger partial charge in [-0.1, -0.05) is 11.6 Å². The van der Waals surface area contributed by atoms with Crippen molar-refractivity contribution in [2.45, 2.75) is 6.92 Å². The molecule has 0 aliphatic heterocycles. The molecule has 0 radical (unpaired) electrons. The Bertz CT molecular complexity index is 738. The van der Waals surface area contributed by atoms with E-state index in [0.717, 1.165) is 0 Å². The molecule has 1 aromatic heterocycles. The van der Waals surface area contributed by atoms with Crippen LogP contribution in [0.25, 0.3) is 0 Å². The Morgan fingerprint density at radius 1 is 1.10 bits per heavy atom. The summed E-state index contributed by atoms with van der Waals surface area (Å²) in [5.41, 5.74) is 0.974. The molecule has 6 nitrogen and oxygen atoms in total. The summed E-state index contributed by atoms with van der Waals surface area (Å²) in [5.74, 6) is -0.574. The number of nitrogens with one attached hydrogen (secondary N) is 3. The maximum Gasteiger partial charge on any atom is 0.266 e. The maximum atomic E-state index is 12.0. The molecule has 0 saturated heterocycles. The van der Waals surface area contributed by atoms with Crippen LogP contribution in [0.4, 0.5) is 11.4 Å². The van der Waals surface area contributed by atoms with Gasteiger partial charge in [0.15, 0.2) is 0 Å². The van der Waals surface area contributed by atoms with Gasteiger partial charge in [0.25, 0.3) is 11.5 Å². The Morgan fingerprint density at radius 3 is 2.19 bits per heavy atom. The van der Waals surface area contributed by atoms with Crippen molar-refractivity contribution in [3.63, 3.8) is 0 Å². The number of carbonyl (C=O) groups is 2. The number of amides is 2. The van der Waals surface area contributed by atoms with Crippen LogP contribution in [0, 0.1) is 0 Å². The van der Waals surface area contributed by atoms with E-state index in [4.69, 9.17) is 11.6 Å². The first-order valence-electron chi connectivity index (χ1n) is 6.03. The van der Waals surface area contributed by atoms with Crippen LogP contribution in [0.2, 0.25) is 5.02 Å². The van der Waals surface area contributed by atoms with E-state index in [0.29, 0.717) is 11.4 Å². The second kappa shape index (κ2) is 6.23. The number of hydrogen-bond acceptors (Lipinski definition) is 3. The SMILES string of the molecule is CC(=O)Nc1ccc(NC(=O)c2c[nH]c(=O)c(Cl)c2)cc1. The van der Waals surface area contributed by atoms with Gasteiger partial charge in [-0.3, -0.25) is 14.4 Å². The van der Waals surface area contributed by atoms with Crippen molar-refractivity contribution in [2.24, 2.45) is 0 Å². The molecule has 21 heavy (non-hydrogen) atoms. The van der Waals surface area contributed by atoms with Crippen molar-refractivity contribution >= 4 is 34.8 Å². The van der Waals surface area contributed by atoms with Crippen molar-refractivity contribution in [1.82, 2.24) is 4.98 Å². The van der Waals surface area contributed by atoms with Gasteiger partial charge in [-0.2, -0.15) is 0 Å². The van der Waals surface area contributed by atoms with Crippen LogP contribution in [0.5, 0.6) is 0 Å². The van der Waals surface area contributed by atoms with Crippen molar-refractivity contribution < 1.29 is 9.59 Å². The highest BCUT2D eigenvalue weighted by molar-refractivity contribution is 6.30. The lowest BCUT2D eigenvalue weighted by Crippen LogP contribution is -2.15. The normalized spacial score (nSPS) is 10.0. The van der Waals surface area contributed by atoms with Crippen molar-refractivity contribution in [1.29, 1.82) is 0 Å². The number of H-pyrrole nitrogens is 1. The number of pyridine rings is 1. The number of aromatic nitrogens is 1. The van der Waals surface area contributed by atoms with Gasteiger partial charge in [-0.25, -0.2) is 0 Å². The smallest absolute Gasteiger partial charge is 0.266 e. The molecule has 0 fully saturated rings. The predicted octanol–water partition coefficient (Wildman–Crippen LogP) is 2.24. The van der Waals surface area contributed by atoms with Gasteiger partial charge in [0.1, 0.15) is 5.02 Å². The van der Waals surface area contributed by atoms with Gasteiger partial charge in [0, 0.05) is 24.5 Å². The van der Waals surface area contributed by atoms with Gasteiger partial charge >= 0.3 is 0 Å². The Kier molecular flexibility index (Phi) is 4.39. The summed E-state index contributed by atoms with van der Waals surface area (Å²) in [4.78, 5) is 36.4. The minimum absolute atomic E-state index is 0.0522. The summed E-state index contributed by atoms with van der Waals surface area (Å²) < 4.78 is 0. The average molecular weight is 306 g/mol. The summed E-state index contributed by atoms with van der Waals surface area (Å²) >= 11 is 5.67. The maximum absolute atomic E-state index is 12.0. The Labute approximate surface area is 125 Å². The van der Waals surface area contributed by atoms with E-state index in [2.05, 4.69) is 15.6 Å². The highest BCUT2D eigenvalue weighted by Gasteiger charge is 2.08. The minimum atomic E-state index is -0.451. The van der Waals surface area contributed by atoms with Gasteiger partial charge in [0.05, 0.1) is 5.56 Å². The molecule has 1 heterocycles. The van der Waals surface area contributed by atoms with E-state index in [-0.39, 0.29) is 16.5 Å². The van der Waals surface area contributed by atoms with Crippen LogP contribution >= 0.6 is 11.6 Å². The molecular weight excluding hydrogens is 294 g/mol. The second-order valence-electron chi connectivity index (χ2n) is 4.28. The van der Waals surface area contributed by atoms with Gasteiger partial charge in [-0.05, 0) is 30.3 Å². The first-order valence-corrected chi connectivity index (χ1v) is 6.41. The molecule has 3 N–H and O–H groups in total. The lowest BCUT2D eigenvalue weighted by Gasteiger charge is -2.07. The van der Waals surface area contributed by atoms with E-state index in [1.54, 1.807) is 24.3 Å². The molecule has 0 atom stereocenters. The molecule has 0 bridgehead atoms. The second-order valence-corrected chi connectivity index (χ2v) is 4.69. The zero-order chi connectivity index (χ0) is 15.4. The zero-order valence-corrected chi connectivity index (χ0v) is 11.8. The van der Waals surface area contributed by atoms with Crippen molar-refractivity contribution in [2.75, 3.05) is 10.6 Å². The fourth-order valence-electron chi connectivity index (χ4n) is 1.63. The molecule has 2 rings (SSSR count). The molecule has 2 aromatic rings. The first-order chi connectivity index (χ1) is 9.95. The summed E-state index contributed by atoms with van der Waals surface area (Å²) in [6.45, 7) is 1.41. The topological polar surface area (TPSA) is 91.1 Å². The van der Waals surface area contributed by atoms with E-state index in [9.17, 15) is 14.4 Å². The number of hydrogen-bond donors (Lipinski definition) is 3. The van der Waals surface area contributed by atoms with Crippen molar-refractivity contribution in [3.8, 4) is 0 Å². The molecule has 2 amide bonds. The van der Waals surface area contributed by atoms with Crippen LogP contribution in [0.15, 0.2) is 41.3 Å². The van der Waals surface area contributed by atoms with Crippen molar-refractivity contribution in [3.05, 3.63) is 57.5 Å². The summed E-state index contributed by atoms with van der Waals surface area (Å²) in [6, 6.07) is 7.92. The highest BCUT2D eigenvalue weighted by Crippen LogP contribution is 2.15. The Hall–Kier alpha value is -2.60. The third-order valence-corrected chi connectivity index (χ3v) is 2.86. The lowest BCUT2D eigenvalue weighted by molar-refractivity contribution is -0.114. The van der Waals surface area contributed by atoms with Gasteiger partial charge in [0.2, 0.25) is 5.91 Å². The number of carbonyl (C=O) groups excluding carboxylic acids is 2. The summed E-state index contributed by atoms with van der Waals surface area (Å²) in [6.07, 6.45) is 1.29.